The Labute approximate surface area is 169 Å². The SMILES string of the molecule is COc1ccc(C)c2sc(N3CCC(CC(=O)N4CCSCC4)CC3)nc12. The molecule has 1 aromatic carbocycles. The summed E-state index contributed by atoms with van der Waals surface area (Å²) in [6.07, 6.45) is 2.85. The fraction of sp³-hybridized carbons (Fsp3) is 0.600. The van der Waals surface area contributed by atoms with Crippen molar-refractivity contribution in [3.8, 4) is 5.75 Å². The number of ether oxygens (including phenoxy) is 1. The molecule has 0 saturated carbocycles. The van der Waals surface area contributed by atoms with Gasteiger partial charge in [0, 0.05) is 44.1 Å². The summed E-state index contributed by atoms with van der Waals surface area (Å²) in [5.41, 5.74) is 2.22. The second-order valence-electron chi connectivity index (χ2n) is 7.39. The minimum Gasteiger partial charge on any atom is -0.494 e. The highest BCUT2D eigenvalue weighted by atomic mass is 32.2. The summed E-state index contributed by atoms with van der Waals surface area (Å²) in [6.45, 7) is 5.94. The Morgan fingerprint density at radius 1 is 1.22 bits per heavy atom. The van der Waals surface area contributed by atoms with Crippen LogP contribution in [0.2, 0.25) is 0 Å². The number of aromatic nitrogens is 1. The molecule has 0 aliphatic carbocycles. The zero-order chi connectivity index (χ0) is 18.8. The van der Waals surface area contributed by atoms with E-state index in [4.69, 9.17) is 9.72 Å². The summed E-state index contributed by atoms with van der Waals surface area (Å²) in [4.78, 5) is 21.8. The molecule has 2 saturated heterocycles. The Balaban J connectivity index is 1.38. The molecule has 0 N–H and O–H groups in total. The van der Waals surface area contributed by atoms with Crippen molar-refractivity contribution < 1.29 is 9.53 Å². The lowest BCUT2D eigenvalue weighted by Gasteiger charge is -2.33. The molecule has 0 radical (unpaired) electrons. The first kappa shape index (κ1) is 18.9. The van der Waals surface area contributed by atoms with E-state index in [0.29, 0.717) is 18.2 Å². The van der Waals surface area contributed by atoms with Crippen LogP contribution in [0.3, 0.4) is 0 Å². The number of carbonyl (C=O) groups excluding carboxylic acids is 1. The van der Waals surface area contributed by atoms with Gasteiger partial charge in [-0.2, -0.15) is 11.8 Å². The molecule has 5 nitrogen and oxygen atoms in total. The van der Waals surface area contributed by atoms with Gasteiger partial charge in [-0.25, -0.2) is 4.98 Å². The molecule has 2 aromatic rings. The number of aryl methyl sites for hydroxylation is 1. The zero-order valence-corrected chi connectivity index (χ0v) is 17.7. The van der Waals surface area contributed by atoms with E-state index >= 15 is 0 Å². The number of nitrogens with zero attached hydrogens (tertiary/aromatic N) is 3. The first-order chi connectivity index (χ1) is 13.2. The van der Waals surface area contributed by atoms with Crippen LogP contribution in [0.5, 0.6) is 5.75 Å². The van der Waals surface area contributed by atoms with Crippen LogP contribution in [0.15, 0.2) is 12.1 Å². The van der Waals surface area contributed by atoms with Crippen molar-refractivity contribution in [2.75, 3.05) is 49.7 Å². The number of thiazole rings is 1. The highest BCUT2D eigenvalue weighted by Gasteiger charge is 2.26. The number of amides is 1. The highest BCUT2D eigenvalue weighted by molar-refractivity contribution is 7.99. The fourth-order valence-corrected chi connectivity index (χ4v) is 5.92. The van der Waals surface area contributed by atoms with Crippen LogP contribution in [0.25, 0.3) is 10.2 Å². The van der Waals surface area contributed by atoms with Gasteiger partial charge in [-0.3, -0.25) is 4.79 Å². The number of carbonyl (C=O) groups is 1. The van der Waals surface area contributed by atoms with E-state index < -0.39 is 0 Å². The largest absolute Gasteiger partial charge is 0.494 e. The summed E-state index contributed by atoms with van der Waals surface area (Å²) >= 11 is 3.71. The smallest absolute Gasteiger partial charge is 0.222 e. The molecule has 0 spiro atoms. The molecule has 3 heterocycles. The van der Waals surface area contributed by atoms with E-state index in [1.54, 1.807) is 18.4 Å². The molecule has 7 heteroatoms. The average molecular weight is 406 g/mol. The molecule has 4 rings (SSSR count). The monoisotopic (exact) mass is 405 g/mol. The van der Waals surface area contributed by atoms with Crippen LogP contribution in [-0.4, -0.2) is 60.6 Å². The number of benzene rings is 1. The lowest BCUT2D eigenvalue weighted by atomic mass is 9.93. The summed E-state index contributed by atoms with van der Waals surface area (Å²) < 4.78 is 6.70. The molecular formula is C20H27N3O2S2. The second kappa shape index (κ2) is 8.27. The van der Waals surface area contributed by atoms with Crippen molar-refractivity contribution in [1.82, 2.24) is 9.88 Å². The van der Waals surface area contributed by atoms with Gasteiger partial charge in [-0.05, 0) is 37.3 Å². The minimum absolute atomic E-state index is 0.356. The maximum atomic E-state index is 12.5. The molecular weight excluding hydrogens is 378 g/mol. The molecule has 0 unspecified atom stereocenters. The Bertz CT molecular complexity index is 809. The van der Waals surface area contributed by atoms with Crippen molar-refractivity contribution >= 4 is 44.4 Å². The lowest BCUT2D eigenvalue weighted by Crippen LogP contribution is -2.40. The summed E-state index contributed by atoms with van der Waals surface area (Å²) in [5.74, 6) is 3.89. The highest BCUT2D eigenvalue weighted by Crippen LogP contribution is 2.37. The van der Waals surface area contributed by atoms with Crippen molar-refractivity contribution in [3.05, 3.63) is 17.7 Å². The maximum Gasteiger partial charge on any atom is 0.222 e. The van der Waals surface area contributed by atoms with E-state index in [1.807, 2.05) is 17.8 Å². The number of anilines is 1. The molecule has 0 atom stereocenters. The van der Waals surface area contributed by atoms with Crippen LogP contribution in [0.1, 0.15) is 24.8 Å². The second-order valence-corrected chi connectivity index (χ2v) is 9.59. The first-order valence-electron chi connectivity index (χ1n) is 9.70. The molecule has 2 aliphatic heterocycles. The van der Waals surface area contributed by atoms with Crippen LogP contribution in [0.4, 0.5) is 5.13 Å². The van der Waals surface area contributed by atoms with Gasteiger partial charge in [0.1, 0.15) is 11.3 Å². The van der Waals surface area contributed by atoms with Gasteiger partial charge in [0.05, 0.1) is 11.8 Å². The van der Waals surface area contributed by atoms with Gasteiger partial charge in [0.15, 0.2) is 5.13 Å². The molecule has 2 aliphatic rings. The molecule has 27 heavy (non-hydrogen) atoms. The van der Waals surface area contributed by atoms with E-state index in [9.17, 15) is 4.79 Å². The van der Waals surface area contributed by atoms with Gasteiger partial charge < -0.3 is 14.5 Å². The first-order valence-corrected chi connectivity index (χ1v) is 11.7. The number of hydrogen-bond acceptors (Lipinski definition) is 6. The summed E-state index contributed by atoms with van der Waals surface area (Å²) in [6, 6.07) is 4.10. The van der Waals surface area contributed by atoms with Crippen molar-refractivity contribution in [1.29, 1.82) is 0 Å². The number of fused-ring (bicyclic) bond motifs is 1. The quantitative estimate of drug-likeness (QED) is 0.774. The Morgan fingerprint density at radius 2 is 1.96 bits per heavy atom. The zero-order valence-electron chi connectivity index (χ0n) is 16.1. The lowest BCUT2D eigenvalue weighted by molar-refractivity contribution is -0.132. The third-order valence-electron chi connectivity index (χ3n) is 5.62. The Hall–Kier alpha value is -1.47. The topological polar surface area (TPSA) is 45.7 Å². The molecule has 146 valence electrons. The van der Waals surface area contributed by atoms with E-state index in [-0.39, 0.29) is 0 Å². The van der Waals surface area contributed by atoms with Crippen molar-refractivity contribution in [2.24, 2.45) is 5.92 Å². The summed E-state index contributed by atoms with van der Waals surface area (Å²) in [5, 5.41) is 1.08. The van der Waals surface area contributed by atoms with Crippen LogP contribution in [0, 0.1) is 12.8 Å². The van der Waals surface area contributed by atoms with Crippen LogP contribution < -0.4 is 9.64 Å². The standard InChI is InChI=1S/C20H27N3O2S2/c1-14-3-4-16(25-2)18-19(14)27-20(21-18)23-7-5-15(6-8-23)13-17(24)22-9-11-26-12-10-22/h3-4,15H,5-13H2,1-2H3. The number of thioether (sulfide) groups is 1. The van der Waals surface area contributed by atoms with E-state index in [0.717, 1.165) is 66.9 Å². The average Bonchev–Trinajstić information content (AvgIpc) is 3.16. The fourth-order valence-electron chi connectivity index (χ4n) is 3.92. The summed E-state index contributed by atoms with van der Waals surface area (Å²) in [7, 11) is 1.70. The van der Waals surface area contributed by atoms with Gasteiger partial charge in [0.25, 0.3) is 0 Å². The van der Waals surface area contributed by atoms with E-state index in [1.165, 1.54) is 10.3 Å². The van der Waals surface area contributed by atoms with Gasteiger partial charge >= 0.3 is 0 Å². The molecule has 0 bridgehead atoms. The third-order valence-corrected chi connectivity index (χ3v) is 7.82. The van der Waals surface area contributed by atoms with Gasteiger partial charge in [-0.15, -0.1) is 0 Å². The maximum absolute atomic E-state index is 12.5. The van der Waals surface area contributed by atoms with Crippen LogP contribution >= 0.6 is 23.1 Å². The Kier molecular flexibility index (Phi) is 5.78. The van der Waals surface area contributed by atoms with Gasteiger partial charge in [0.2, 0.25) is 5.91 Å². The number of methoxy groups -OCH3 is 1. The predicted octanol–water partition coefficient (Wildman–Crippen LogP) is 3.80. The van der Waals surface area contributed by atoms with Crippen molar-refractivity contribution in [3.63, 3.8) is 0 Å². The molecule has 2 fully saturated rings. The number of hydrogen-bond donors (Lipinski definition) is 0. The third kappa shape index (κ3) is 4.04. The number of rotatable bonds is 4. The molecule has 1 amide bonds. The van der Waals surface area contributed by atoms with Gasteiger partial charge in [-0.1, -0.05) is 17.4 Å². The Morgan fingerprint density at radius 3 is 2.67 bits per heavy atom. The molecule has 1 aromatic heterocycles. The predicted molar refractivity (Wildman–Crippen MR) is 114 cm³/mol. The normalized spacial score (nSPS) is 18.9. The van der Waals surface area contributed by atoms with Crippen molar-refractivity contribution in [2.45, 2.75) is 26.2 Å². The van der Waals surface area contributed by atoms with Crippen LogP contribution in [-0.2, 0) is 4.79 Å². The number of piperidine rings is 1. The minimum atomic E-state index is 0.356. The van der Waals surface area contributed by atoms with E-state index in [2.05, 4.69) is 22.8 Å².